The molecule has 1 heterocycles. The standard InChI is InChI=1S/C16H22N4O/c1-17-10-7-13-5-3-4-6-15(13)16(21)18-11-8-14-9-12-20(2)19-14/h3-6,9,12,17H,7-8,10-11H2,1-2H3,(H,18,21). The first-order chi connectivity index (χ1) is 10.2. The molecule has 112 valence electrons. The first-order valence-electron chi connectivity index (χ1n) is 7.20. The van der Waals surface area contributed by atoms with E-state index in [1.165, 1.54) is 0 Å². The van der Waals surface area contributed by atoms with E-state index >= 15 is 0 Å². The predicted molar refractivity (Wildman–Crippen MR) is 83.3 cm³/mol. The minimum absolute atomic E-state index is 0.0161. The molecule has 0 fully saturated rings. The monoisotopic (exact) mass is 286 g/mol. The number of likely N-dealkylation sites (N-methyl/N-ethyl adjacent to an activating group) is 1. The van der Waals surface area contributed by atoms with Gasteiger partial charge in [-0.25, -0.2) is 0 Å². The Morgan fingerprint density at radius 3 is 2.71 bits per heavy atom. The second-order valence-electron chi connectivity index (χ2n) is 5.00. The summed E-state index contributed by atoms with van der Waals surface area (Å²) >= 11 is 0. The number of carbonyl (C=O) groups excluding carboxylic acids is 1. The summed E-state index contributed by atoms with van der Waals surface area (Å²) in [5, 5.41) is 10.4. The zero-order valence-electron chi connectivity index (χ0n) is 12.6. The molecule has 21 heavy (non-hydrogen) atoms. The molecule has 0 atom stereocenters. The molecule has 0 spiro atoms. The van der Waals surface area contributed by atoms with Crippen LogP contribution < -0.4 is 10.6 Å². The van der Waals surface area contributed by atoms with Crippen LogP contribution >= 0.6 is 0 Å². The van der Waals surface area contributed by atoms with Crippen molar-refractivity contribution in [1.82, 2.24) is 20.4 Å². The third kappa shape index (κ3) is 4.43. The van der Waals surface area contributed by atoms with Gasteiger partial charge in [-0.05, 0) is 37.7 Å². The van der Waals surface area contributed by atoms with Gasteiger partial charge >= 0.3 is 0 Å². The van der Waals surface area contributed by atoms with E-state index in [1.54, 1.807) is 4.68 Å². The fourth-order valence-electron chi connectivity index (χ4n) is 2.22. The Bertz CT molecular complexity index is 591. The van der Waals surface area contributed by atoms with Gasteiger partial charge in [0, 0.05) is 31.8 Å². The summed E-state index contributed by atoms with van der Waals surface area (Å²) in [5.74, 6) is -0.0161. The van der Waals surface area contributed by atoms with Crippen LogP contribution in [-0.2, 0) is 19.9 Å². The lowest BCUT2D eigenvalue weighted by Gasteiger charge is -2.09. The summed E-state index contributed by atoms with van der Waals surface area (Å²) in [6.45, 7) is 1.45. The molecule has 1 amide bonds. The van der Waals surface area contributed by atoms with E-state index in [0.717, 1.165) is 36.2 Å². The molecule has 0 aliphatic rings. The highest BCUT2D eigenvalue weighted by Gasteiger charge is 2.10. The molecule has 1 aromatic heterocycles. The minimum Gasteiger partial charge on any atom is -0.352 e. The Morgan fingerprint density at radius 1 is 1.19 bits per heavy atom. The van der Waals surface area contributed by atoms with Crippen molar-refractivity contribution in [3.8, 4) is 0 Å². The number of nitrogens with one attached hydrogen (secondary N) is 2. The van der Waals surface area contributed by atoms with Crippen LogP contribution in [0, 0.1) is 0 Å². The van der Waals surface area contributed by atoms with Crippen molar-refractivity contribution in [3.05, 3.63) is 53.3 Å². The molecule has 0 unspecified atom stereocenters. The zero-order chi connectivity index (χ0) is 15.1. The van der Waals surface area contributed by atoms with Crippen molar-refractivity contribution in [2.45, 2.75) is 12.8 Å². The van der Waals surface area contributed by atoms with Gasteiger partial charge in [-0.1, -0.05) is 18.2 Å². The number of benzene rings is 1. The molecule has 0 aliphatic heterocycles. The van der Waals surface area contributed by atoms with E-state index in [1.807, 2.05) is 50.6 Å². The van der Waals surface area contributed by atoms with Crippen molar-refractivity contribution < 1.29 is 4.79 Å². The van der Waals surface area contributed by atoms with Crippen LogP contribution in [0.15, 0.2) is 36.5 Å². The number of aromatic nitrogens is 2. The minimum atomic E-state index is -0.0161. The predicted octanol–water partition coefficient (Wildman–Crippen LogP) is 1.15. The van der Waals surface area contributed by atoms with Gasteiger partial charge in [0.1, 0.15) is 0 Å². The largest absolute Gasteiger partial charge is 0.352 e. The number of carbonyl (C=O) groups is 1. The Hall–Kier alpha value is -2.14. The number of amides is 1. The maximum Gasteiger partial charge on any atom is 0.251 e. The van der Waals surface area contributed by atoms with Crippen LogP contribution in [-0.4, -0.2) is 35.8 Å². The van der Waals surface area contributed by atoms with Gasteiger partial charge in [-0.2, -0.15) is 5.10 Å². The van der Waals surface area contributed by atoms with Crippen molar-refractivity contribution in [2.75, 3.05) is 20.1 Å². The number of rotatable bonds is 7. The van der Waals surface area contributed by atoms with E-state index in [9.17, 15) is 4.79 Å². The summed E-state index contributed by atoms with van der Waals surface area (Å²) in [4.78, 5) is 12.3. The lowest BCUT2D eigenvalue weighted by Crippen LogP contribution is -2.27. The number of hydrogen-bond donors (Lipinski definition) is 2. The van der Waals surface area contributed by atoms with Crippen molar-refractivity contribution in [2.24, 2.45) is 7.05 Å². The topological polar surface area (TPSA) is 59.0 Å². The molecule has 0 saturated heterocycles. The number of hydrogen-bond acceptors (Lipinski definition) is 3. The molecular formula is C16H22N4O. The molecule has 0 saturated carbocycles. The average molecular weight is 286 g/mol. The lowest BCUT2D eigenvalue weighted by atomic mass is 10.0. The fourth-order valence-corrected chi connectivity index (χ4v) is 2.22. The Kier molecular flexibility index (Phi) is 5.51. The third-order valence-electron chi connectivity index (χ3n) is 3.34. The van der Waals surface area contributed by atoms with Gasteiger partial charge in [0.15, 0.2) is 0 Å². The normalized spacial score (nSPS) is 10.6. The smallest absolute Gasteiger partial charge is 0.251 e. The summed E-state index contributed by atoms with van der Waals surface area (Å²) in [7, 11) is 3.80. The van der Waals surface area contributed by atoms with Gasteiger partial charge in [0.25, 0.3) is 5.91 Å². The summed E-state index contributed by atoms with van der Waals surface area (Å²) in [6.07, 6.45) is 3.50. The summed E-state index contributed by atoms with van der Waals surface area (Å²) < 4.78 is 1.77. The second kappa shape index (κ2) is 7.59. The molecule has 0 aliphatic carbocycles. The molecule has 2 aromatic rings. The van der Waals surface area contributed by atoms with Crippen LogP contribution in [0.4, 0.5) is 0 Å². The van der Waals surface area contributed by atoms with E-state index in [-0.39, 0.29) is 5.91 Å². The Morgan fingerprint density at radius 2 is 2.00 bits per heavy atom. The van der Waals surface area contributed by atoms with Gasteiger partial charge in [0.05, 0.1) is 5.69 Å². The van der Waals surface area contributed by atoms with Crippen molar-refractivity contribution in [1.29, 1.82) is 0 Å². The van der Waals surface area contributed by atoms with Gasteiger partial charge in [-0.15, -0.1) is 0 Å². The first-order valence-corrected chi connectivity index (χ1v) is 7.20. The summed E-state index contributed by atoms with van der Waals surface area (Å²) in [5.41, 5.74) is 2.82. The molecule has 2 N–H and O–H groups in total. The molecule has 5 nitrogen and oxygen atoms in total. The van der Waals surface area contributed by atoms with Crippen LogP contribution in [0.1, 0.15) is 21.6 Å². The third-order valence-corrected chi connectivity index (χ3v) is 3.34. The number of nitrogens with zero attached hydrogens (tertiary/aromatic N) is 2. The summed E-state index contributed by atoms with van der Waals surface area (Å²) in [6, 6.07) is 9.71. The highest BCUT2D eigenvalue weighted by Crippen LogP contribution is 2.09. The van der Waals surface area contributed by atoms with Gasteiger partial charge in [0.2, 0.25) is 0 Å². The van der Waals surface area contributed by atoms with Crippen molar-refractivity contribution >= 4 is 5.91 Å². The fraction of sp³-hybridized carbons (Fsp3) is 0.375. The van der Waals surface area contributed by atoms with E-state index in [0.29, 0.717) is 6.54 Å². The Balaban J connectivity index is 1.90. The number of aryl methyl sites for hydroxylation is 1. The molecule has 0 radical (unpaired) electrons. The molecule has 5 heteroatoms. The van der Waals surface area contributed by atoms with E-state index < -0.39 is 0 Å². The van der Waals surface area contributed by atoms with Crippen molar-refractivity contribution in [3.63, 3.8) is 0 Å². The molecule has 0 bridgehead atoms. The maximum atomic E-state index is 12.3. The highest BCUT2D eigenvalue weighted by atomic mass is 16.1. The Labute approximate surface area is 125 Å². The molecule has 1 aromatic carbocycles. The quantitative estimate of drug-likeness (QED) is 0.803. The van der Waals surface area contributed by atoms with Crippen LogP contribution in [0.2, 0.25) is 0 Å². The van der Waals surface area contributed by atoms with E-state index in [4.69, 9.17) is 0 Å². The molecular weight excluding hydrogens is 264 g/mol. The lowest BCUT2D eigenvalue weighted by molar-refractivity contribution is 0.0953. The highest BCUT2D eigenvalue weighted by molar-refractivity contribution is 5.95. The van der Waals surface area contributed by atoms with Crippen LogP contribution in [0.3, 0.4) is 0 Å². The first kappa shape index (κ1) is 15.3. The maximum absolute atomic E-state index is 12.3. The van der Waals surface area contributed by atoms with Crippen LogP contribution in [0.5, 0.6) is 0 Å². The van der Waals surface area contributed by atoms with Crippen LogP contribution in [0.25, 0.3) is 0 Å². The zero-order valence-corrected chi connectivity index (χ0v) is 12.6. The molecule has 2 rings (SSSR count). The van der Waals surface area contributed by atoms with Gasteiger partial charge < -0.3 is 10.6 Å². The SMILES string of the molecule is CNCCc1ccccc1C(=O)NCCc1ccn(C)n1. The van der Waals surface area contributed by atoms with Gasteiger partial charge in [-0.3, -0.25) is 9.48 Å². The average Bonchev–Trinajstić information content (AvgIpc) is 2.91. The van der Waals surface area contributed by atoms with E-state index in [2.05, 4.69) is 15.7 Å². The second-order valence-corrected chi connectivity index (χ2v) is 5.00.